The molecule has 0 saturated heterocycles. The first-order chi connectivity index (χ1) is 9.49. The van der Waals surface area contributed by atoms with Gasteiger partial charge in [0.25, 0.3) is 0 Å². The van der Waals surface area contributed by atoms with E-state index in [2.05, 4.69) is 10.3 Å². The minimum absolute atomic E-state index is 0.336. The maximum absolute atomic E-state index is 12.3. The molecule has 118 valence electrons. The topological polar surface area (TPSA) is 87.5 Å². The third kappa shape index (κ3) is 3.53. The summed E-state index contributed by atoms with van der Waals surface area (Å²) in [5.41, 5.74) is -1.99. The van der Waals surface area contributed by atoms with Crippen molar-refractivity contribution >= 4 is 12.0 Å². The quantitative estimate of drug-likeness (QED) is 0.861. The van der Waals surface area contributed by atoms with Crippen molar-refractivity contribution in [2.24, 2.45) is 12.5 Å². The fraction of sp³-hybridized carbons (Fsp3) is 0.643. The van der Waals surface area contributed by atoms with Gasteiger partial charge in [0.05, 0.1) is 17.5 Å². The fourth-order valence-corrected chi connectivity index (χ4v) is 1.62. The summed E-state index contributed by atoms with van der Waals surface area (Å²) >= 11 is 0. The average Bonchev–Trinajstić information content (AvgIpc) is 2.73. The van der Waals surface area contributed by atoms with Crippen LogP contribution in [-0.2, 0) is 18.4 Å². The predicted octanol–water partition coefficient (Wildman–Crippen LogP) is 1.45. The summed E-state index contributed by atoms with van der Waals surface area (Å²) in [5.74, 6) is -0.206. The molecule has 0 fully saturated rings. The number of carboxylic acids is 1. The fourth-order valence-electron chi connectivity index (χ4n) is 1.62. The number of aryl methyl sites for hydroxylation is 1. The van der Waals surface area contributed by atoms with Crippen LogP contribution in [-0.4, -0.2) is 44.1 Å². The van der Waals surface area contributed by atoms with E-state index in [0.717, 1.165) is 5.82 Å². The van der Waals surface area contributed by atoms with Crippen molar-refractivity contribution in [2.45, 2.75) is 39.8 Å². The molecular formula is C14H24N4O3. The van der Waals surface area contributed by atoms with E-state index < -0.39 is 16.9 Å². The van der Waals surface area contributed by atoms with Crippen molar-refractivity contribution in [2.75, 3.05) is 7.05 Å². The van der Waals surface area contributed by atoms with E-state index in [1.54, 1.807) is 47.1 Å². The van der Waals surface area contributed by atoms with Gasteiger partial charge < -0.3 is 19.9 Å². The molecule has 0 bridgehead atoms. The van der Waals surface area contributed by atoms with Crippen molar-refractivity contribution in [1.29, 1.82) is 0 Å². The number of carbonyl (C=O) groups is 2. The molecule has 0 aliphatic heterocycles. The molecule has 0 aromatic carbocycles. The van der Waals surface area contributed by atoms with Crippen molar-refractivity contribution < 1.29 is 14.7 Å². The van der Waals surface area contributed by atoms with Crippen LogP contribution in [0.15, 0.2) is 12.4 Å². The first-order valence-corrected chi connectivity index (χ1v) is 6.72. The Kier molecular flexibility index (Phi) is 4.65. The Morgan fingerprint density at radius 3 is 2.38 bits per heavy atom. The number of nitrogens with one attached hydrogen (secondary N) is 1. The predicted molar refractivity (Wildman–Crippen MR) is 78.7 cm³/mol. The summed E-state index contributed by atoms with van der Waals surface area (Å²) in [5, 5.41) is 12.1. The Bertz CT molecular complexity index is 534. The minimum Gasteiger partial charge on any atom is -0.481 e. The molecule has 0 aliphatic carbocycles. The molecule has 2 N–H and O–H groups in total. The van der Waals surface area contributed by atoms with Crippen LogP contribution in [0.4, 0.5) is 4.79 Å². The van der Waals surface area contributed by atoms with Gasteiger partial charge in [-0.2, -0.15) is 0 Å². The first kappa shape index (κ1) is 17.0. The minimum atomic E-state index is -1.09. The van der Waals surface area contributed by atoms with E-state index >= 15 is 0 Å². The normalized spacial score (nSPS) is 12.1. The molecule has 7 nitrogen and oxygen atoms in total. The third-order valence-corrected chi connectivity index (χ3v) is 4.16. The molecule has 1 aromatic rings. The van der Waals surface area contributed by atoms with E-state index in [1.165, 1.54) is 4.90 Å². The third-order valence-electron chi connectivity index (χ3n) is 4.16. The van der Waals surface area contributed by atoms with Gasteiger partial charge in [0, 0.05) is 26.5 Å². The van der Waals surface area contributed by atoms with Crippen molar-refractivity contribution in [3.05, 3.63) is 18.2 Å². The number of nitrogens with zero attached hydrogens (tertiary/aromatic N) is 3. The number of imidazole rings is 1. The highest BCUT2D eigenvalue weighted by molar-refractivity contribution is 5.79. The Labute approximate surface area is 125 Å². The number of carbonyl (C=O) groups excluding carboxylic acids is 1. The monoisotopic (exact) mass is 296 g/mol. The molecule has 2 amide bonds. The molecule has 7 heteroatoms. The first-order valence-electron chi connectivity index (χ1n) is 6.72. The van der Waals surface area contributed by atoms with Gasteiger partial charge in [-0.05, 0) is 27.7 Å². The molecule has 21 heavy (non-hydrogen) atoms. The second-order valence-electron chi connectivity index (χ2n) is 6.30. The van der Waals surface area contributed by atoms with Crippen LogP contribution in [0.5, 0.6) is 0 Å². The van der Waals surface area contributed by atoms with Gasteiger partial charge >= 0.3 is 12.0 Å². The van der Waals surface area contributed by atoms with Crippen LogP contribution in [0.2, 0.25) is 0 Å². The number of carboxylic acid groups (broad SMARTS) is 1. The zero-order chi connectivity index (χ0) is 16.4. The summed E-state index contributed by atoms with van der Waals surface area (Å²) in [6, 6.07) is -0.336. The van der Waals surface area contributed by atoms with E-state index in [-0.39, 0.29) is 6.03 Å². The van der Waals surface area contributed by atoms with Gasteiger partial charge in [-0.1, -0.05) is 0 Å². The molecule has 0 unspecified atom stereocenters. The van der Waals surface area contributed by atoms with Crippen LogP contribution >= 0.6 is 0 Å². The zero-order valence-corrected chi connectivity index (χ0v) is 13.5. The van der Waals surface area contributed by atoms with Crippen molar-refractivity contribution in [1.82, 2.24) is 19.8 Å². The molecule has 0 atom stereocenters. The van der Waals surface area contributed by atoms with Crippen LogP contribution < -0.4 is 5.32 Å². The van der Waals surface area contributed by atoms with E-state index in [9.17, 15) is 14.7 Å². The second-order valence-corrected chi connectivity index (χ2v) is 6.30. The lowest BCUT2D eigenvalue weighted by Gasteiger charge is -2.39. The lowest BCUT2D eigenvalue weighted by atomic mass is 9.74. The lowest BCUT2D eigenvalue weighted by Crippen LogP contribution is -2.59. The largest absolute Gasteiger partial charge is 0.481 e. The van der Waals surface area contributed by atoms with Gasteiger partial charge in [0.2, 0.25) is 0 Å². The Morgan fingerprint density at radius 2 is 1.95 bits per heavy atom. The van der Waals surface area contributed by atoms with Gasteiger partial charge in [0.1, 0.15) is 5.82 Å². The van der Waals surface area contributed by atoms with E-state index in [0.29, 0.717) is 6.54 Å². The number of aromatic nitrogens is 2. The molecule has 0 radical (unpaired) electrons. The van der Waals surface area contributed by atoms with Crippen LogP contribution in [0.25, 0.3) is 0 Å². The highest BCUT2D eigenvalue weighted by Gasteiger charge is 2.44. The summed E-state index contributed by atoms with van der Waals surface area (Å²) in [4.78, 5) is 29.2. The van der Waals surface area contributed by atoms with Gasteiger partial charge in [0.15, 0.2) is 0 Å². The number of aliphatic carboxylic acids is 1. The maximum atomic E-state index is 12.3. The van der Waals surface area contributed by atoms with Crippen molar-refractivity contribution in [3.63, 3.8) is 0 Å². The number of rotatable bonds is 5. The molecule has 1 rings (SSSR count). The molecule has 0 aliphatic rings. The molecule has 0 spiro atoms. The van der Waals surface area contributed by atoms with Crippen LogP contribution in [0.1, 0.15) is 33.5 Å². The van der Waals surface area contributed by atoms with Gasteiger partial charge in [-0.3, -0.25) is 4.79 Å². The summed E-state index contributed by atoms with van der Waals surface area (Å²) < 4.78 is 1.83. The highest BCUT2D eigenvalue weighted by atomic mass is 16.4. The Balaban J connectivity index is 2.76. The molecular weight excluding hydrogens is 272 g/mol. The zero-order valence-electron chi connectivity index (χ0n) is 13.5. The average molecular weight is 296 g/mol. The van der Waals surface area contributed by atoms with Crippen LogP contribution in [0.3, 0.4) is 0 Å². The standard InChI is InChI=1S/C14H24N4O3/c1-13(2,11(19)20)14(3,4)16-12(21)18(6)9-10-15-7-8-17(10)5/h7-8H,9H2,1-6H3,(H,16,21)(H,19,20). The van der Waals surface area contributed by atoms with Gasteiger partial charge in [-0.15, -0.1) is 0 Å². The summed E-state index contributed by atoms with van der Waals surface area (Å²) in [7, 11) is 3.50. The Morgan fingerprint density at radius 1 is 1.38 bits per heavy atom. The lowest BCUT2D eigenvalue weighted by molar-refractivity contribution is -0.150. The summed E-state index contributed by atoms with van der Waals surface area (Å²) in [6.07, 6.45) is 3.47. The molecule has 1 heterocycles. The van der Waals surface area contributed by atoms with E-state index in [4.69, 9.17) is 0 Å². The highest BCUT2D eigenvalue weighted by Crippen LogP contribution is 2.30. The van der Waals surface area contributed by atoms with E-state index in [1.807, 2.05) is 11.6 Å². The SMILES string of the molecule is CN(Cc1nccn1C)C(=O)NC(C)(C)C(C)(C)C(=O)O. The van der Waals surface area contributed by atoms with Gasteiger partial charge in [-0.25, -0.2) is 9.78 Å². The second kappa shape index (κ2) is 5.75. The number of hydrogen-bond acceptors (Lipinski definition) is 3. The molecule has 1 aromatic heterocycles. The number of hydrogen-bond donors (Lipinski definition) is 2. The van der Waals surface area contributed by atoms with Crippen LogP contribution in [0, 0.1) is 5.41 Å². The summed E-state index contributed by atoms with van der Waals surface area (Å²) in [6.45, 7) is 6.93. The number of amides is 2. The van der Waals surface area contributed by atoms with Crippen molar-refractivity contribution in [3.8, 4) is 0 Å². The Hall–Kier alpha value is -2.05. The maximum Gasteiger partial charge on any atom is 0.317 e. The smallest absolute Gasteiger partial charge is 0.317 e. The number of urea groups is 1. The molecule has 0 saturated carbocycles.